The van der Waals surface area contributed by atoms with Crippen molar-refractivity contribution < 1.29 is 14.3 Å². The highest BCUT2D eigenvalue weighted by molar-refractivity contribution is 5.89. The number of amides is 2. The van der Waals surface area contributed by atoms with E-state index < -0.39 is 18.0 Å². The molecule has 0 aliphatic heterocycles. The number of para-hydroxylation sites is 1. The molecule has 2 aromatic rings. The Morgan fingerprint density at radius 2 is 1.86 bits per heavy atom. The van der Waals surface area contributed by atoms with Crippen LogP contribution in [0.4, 0.5) is 14.9 Å². The topological polar surface area (TPSA) is 61.4 Å². The van der Waals surface area contributed by atoms with Gasteiger partial charge < -0.3 is 15.7 Å². The Labute approximate surface area is 122 Å². The lowest BCUT2D eigenvalue weighted by Gasteiger charge is -2.09. The third kappa shape index (κ3) is 4.29. The van der Waals surface area contributed by atoms with Crippen molar-refractivity contribution in [2.75, 3.05) is 5.32 Å². The van der Waals surface area contributed by atoms with E-state index in [-0.39, 0.29) is 5.69 Å². The van der Waals surface area contributed by atoms with Crippen molar-refractivity contribution in [2.45, 2.75) is 19.6 Å². The number of aliphatic hydroxyl groups is 1. The first-order chi connectivity index (χ1) is 10.1. The third-order valence-electron chi connectivity index (χ3n) is 3.04. The molecule has 110 valence electrons. The van der Waals surface area contributed by atoms with Crippen LogP contribution in [0.3, 0.4) is 0 Å². The van der Waals surface area contributed by atoms with Crippen LogP contribution in [-0.4, -0.2) is 11.1 Å². The van der Waals surface area contributed by atoms with Gasteiger partial charge in [-0.2, -0.15) is 0 Å². The molecule has 5 heteroatoms. The van der Waals surface area contributed by atoms with Crippen LogP contribution in [0.1, 0.15) is 24.2 Å². The highest BCUT2D eigenvalue weighted by Crippen LogP contribution is 2.13. The van der Waals surface area contributed by atoms with Crippen molar-refractivity contribution >= 4 is 11.7 Å². The molecule has 4 nitrogen and oxygen atoms in total. The van der Waals surface area contributed by atoms with E-state index >= 15 is 0 Å². The quantitative estimate of drug-likeness (QED) is 0.809. The van der Waals surface area contributed by atoms with Gasteiger partial charge in [-0.3, -0.25) is 0 Å². The lowest BCUT2D eigenvalue weighted by molar-refractivity contribution is 0.199. The van der Waals surface area contributed by atoms with Gasteiger partial charge in [0.1, 0.15) is 5.82 Å². The van der Waals surface area contributed by atoms with E-state index in [0.717, 1.165) is 11.1 Å². The predicted molar refractivity (Wildman–Crippen MR) is 79.3 cm³/mol. The van der Waals surface area contributed by atoms with Crippen molar-refractivity contribution in [1.29, 1.82) is 0 Å². The Balaban J connectivity index is 1.88. The summed E-state index contributed by atoms with van der Waals surface area (Å²) in [6.45, 7) is 2.01. The molecular formula is C16H17FN2O2. The summed E-state index contributed by atoms with van der Waals surface area (Å²) in [4.78, 5) is 11.7. The largest absolute Gasteiger partial charge is 0.389 e. The fraction of sp³-hybridized carbons (Fsp3) is 0.188. The van der Waals surface area contributed by atoms with Crippen LogP contribution < -0.4 is 10.6 Å². The highest BCUT2D eigenvalue weighted by Gasteiger charge is 2.06. The van der Waals surface area contributed by atoms with Gasteiger partial charge in [-0.05, 0) is 30.2 Å². The first kappa shape index (κ1) is 15.0. The first-order valence-corrected chi connectivity index (χ1v) is 6.62. The van der Waals surface area contributed by atoms with Crippen LogP contribution in [0, 0.1) is 5.82 Å². The zero-order valence-electron chi connectivity index (χ0n) is 11.6. The molecule has 0 unspecified atom stereocenters. The van der Waals surface area contributed by atoms with Gasteiger partial charge in [0.05, 0.1) is 11.8 Å². The first-order valence-electron chi connectivity index (χ1n) is 6.62. The Hall–Kier alpha value is -2.40. The van der Waals surface area contributed by atoms with Gasteiger partial charge in [-0.1, -0.05) is 36.4 Å². The van der Waals surface area contributed by atoms with E-state index in [9.17, 15) is 14.3 Å². The monoisotopic (exact) mass is 288 g/mol. The van der Waals surface area contributed by atoms with Crippen LogP contribution in [0.2, 0.25) is 0 Å². The Bertz CT molecular complexity index is 612. The molecule has 0 aliphatic rings. The number of carbonyl (C=O) groups is 1. The summed E-state index contributed by atoms with van der Waals surface area (Å²) < 4.78 is 13.4. The lowest BCUT2D eigenvalue weighted by atomic mass is 10.1. The zero-order valence-corrected chi connectivity index (χ0v) is 11.6. The summed E-state index contributed by atoms with van der Waals surface area (Å²) in [7, 11) is 0. The maximum absolute atomic E-state index is 13.4. The second-order valence-corrected chi connectivity index (χ2v) is 4.71. The lowest BCUT2D eigenvalue weighted by Crippen LogP contribution is -2.28. The van der Waals surface area contributed by atoms with Crippen molar-refractivity contribution in [2.24, 2.45) is 0 Å². The Morgan fingerprint density at radius 1 is 1.19 bits per heavy atom. The highest BCUT2D eigenvalue weighted by atomic mass is 19.1. The molecule has 0 bridgehead atoms. The number of urea groups is 1. The molecule has 0 saturated heterocycles. The number of carbonyl (C=O) groups excluding carboxylic acids is 1. The van der Waals surface area contributed by atoms with Crippen molar-refractivity contribution in [3.8, 4) is 0 Å². The van der Waals surface area contributed by atoms with Gasteiger partial charge >= 0.3 is 6.03 Å². The van der Waals surface area contributed by atoms with Gasteiger partial charge in [0.2, 0.25) is 0 Å². The summed E-state index contributed by atoms with van der Waals surface area (Å²) in [5, 5.41) is 14.5. The average Bonchev–Trinajstić information content (AvgIpc) is 2.48. The van der Waals surface area contributed by atoms with E-state index in [1.807, 2.05) is 12.1 Å². The number of aliphatic hydroxyl groups excluding tert-OH is 1. The molecule has 0 spiro atoms. The SMILES string of the molecule is C[C@H](O)c1ccc(CNC(=O)Nc2ccccc2F)cc1. The Kier molecular flexibility index (Phi) is 4.90. The van der Waals surface area contributed by atoms with Crippen LogP contribution in [0.25, 0.3) is 0 Å². The van der Waals surface area contributed by atoms with Crippen molar-refractivity contribution in [3.63, 3.8) is 0 Å². The predicted octanol–water partition coefficient (Wildman–Crippen LogP) is 3.20. The molecule has 2 rings (SSSR count). The second-order valence-electron chi connectivity index (χ2n) is 4.71. The number of rotatable bonds is 4. The molecule has 2 aromatic carbocycles. The van der Waals surface area contributed by atoms with E-state index in [2.05, 4.69) is 10.6 Å². The number of nitrogens with one attached hydrogen (secondary N) is 2. The smallest absolute Gasteiger partial charge is 0.319 e. The molecular weight excluding hydrogens is 271 g/mol. The Morgan fingerprint density at radius 3 is 2.48 bits per heavy atom. The molecule has 1 atom stereocenters. The van der Waals surface area contributed by atoms with Gasteiger partial charge in [0.15, 0.2) is 0 Å². The van der Waals surface area contributed by atoms with Gasteiger partial charge in [-0.25, -0.2) is 9.18 Å². The van der Waals surface area contributed by atoms with E-state index in [1.54, 1.807) is 31.2 Å². The molecule has 0 radical (unpaired) electrons. The summed E-state index contributed by atoms with van der Waals surface area (Å²) in [5.74, 6) is -0.478. The summed E-state index contributed by atoms with van der Waals surface area (Å²) in [6.07, 6.45) is -0.517. The number of anilines is 1. The molecule has 0 heterocycles. The van der Waals surface area contributed by atoms with Gasteiger partial charge in [-0.15, -0.1) is 0 Å². The summed E-state index contributed by atoms with van der Waals surface area (Å²) in [5.41, 5.74) is 1.84. The minimum Gasteiger partial charge on any atom is -0.389 e. The minimum absolute atomic E-state index is 0.138. The van der Waals surface area contributed by atoms with Crippen molar-refractivity contribution in [1.82, 2.24) is 5.32 Å². The molecule has 21 heavy (non-hydrogen) atoms. The van der Waals surface area contributed by atoms with Crippen LogP contribution in [0.5, 0.6) is 0 Å². The molecule has 0 aromatic heterocycles. The number of halogens is 1. The van der Waals surface area contributed by atoms with Gasteiger partial charge in [0, 0.05) is 6.54 Å². The van der Waals surface area contributed by atoms with Crippen LogP contribution in [-0.2, 0) is 6.54 Å². The molecule has 3 N–H and O–H groups in total. The minimum atomic E-state index is -0.517. The average molecular weight is 288 g/mol. The molecule has 0 fully saturated rings. The fourth-order valence-corrected chi connectivity index (χ4v) is 1.83. The third-order valence-corrected chi connectivity index (χ3v) is 3.04. The number of hydrogen-bond donors (Lipinski definition) is 3. The zero-order chi connectivity index (χ0) is 15.2. The normalized spacial score (nSPS) is 11.8. The molecule has 0 aliphatic carbocycles. The maximum Gasteiger partial charge on any atom is 0.319 e. The second kappa shape index (κ2) is 6.85. The van der Waals surface area contributed by atoms with E-state index in [4.69, 9.17) is 0 Å². The number of benzene rings is 2. The molecule has 0 saturated carbocycles. The maximum atomic E-state index is 13.4. The standard InChI is InChI=1S/C16H17FN2O2/c1-11(20)13-8-6-12(7-9-13)10-18-16(21)19-15-5-3-2-4-14(15)17/h2-9,11,20H,10H2,1H3,(H2,18,19,21)/t11-/m0/s1. The molecule has 2 amide bonds. The van der Waals surface area contributed by atoms with Gasteiger partial charge in [0.25, 0.3) is 0 Å². The van der Waals surface area contributed by atoms with E-state index in [0.29, 0.717) is 6.54 Å². The van der Waals surface area contributed by atoms with E-state index in [1.165, 1.54) is 12.1 Å². The van der Waals surface area contributed by atoms with Crippen LogP contribution >= 0.6 is 0 Å². The number of hydrogen-bond acceptors (Lipinski definition) is 2. The summed E-state index contributed by atoms with van der Waals surface area (Å²) >= 11 is 0. The van der Waals surface area contributed by atoms with Crippen molar-refractivity contribution in [3.05, 3.63) is 65.5 Å². The summed E-state index contributed by atoms with van der Waals surface area (Å²) in [6, 6.07) is 12.8. The van der Waals surface area contributed by atoms with Crippen LogP contribution in [0.15, 0.2) is 48.5 Å². The fourth-order valence-electron chi connectivity index (χ4n) is 1.83.